The quantitative estimate of drug-likeness (QED) is 0.741. The first-order chi connectivity index (χ1) is 9.02. The fourth-order valence-electron chi connectivity index (χ4n) is 3.08. The second kappa shape index (κ2) is 4.91. The van der Waals surface area contributed by atoms with Crippen LogP contribution in [0.2, 0.25) is 5.28 Å². The van der Waals surface area contributed by atoms with E-state index in [4.69, 9.17) is 11.6 Å². The first-order valence-corrected chi connectivity index (χ1v) is 7.91. The average Bonchev–Trinajstić information content (AvgIpc) is 2.66. The molecular formula is C14H18ClN3S. The van der Waals surface area contributed by atoms with E-state index in [1.54, 1.807) is 11.3 Å². The lowest BCUT2D eigenvalue weighted by atomic mass is 9.92. The molecule has 19 heavy (non-hydrogen) atoms. The van der Waals surface area contributed by atoms with E-state index in [0.29, 0.717) is 17.1 Å². The first kappa shape index (κ1) is 13.1. The third-order valence-corrected chi connectivity index (χ3v) is 4.75. The molecule has 0 aliphatic carbocycles. The summed E-state index contributed by atoms with van der Waals surface area (Å²) in [5.74, 6) is 2.41. The molecule has 0 radical (unpaired) electrons. The summed E-state index contributed by atoms with van der Waals surface area (Å²) in [5.41, 5.74) is 0. The van der Waals surface area contributed by atoms with Gasteiger partial charge in [0.15, 0.2) is 0 Å². The van der Waals surface area contributed by atoms with Crippen LogP contribution in [0.25, 0.3) is 10.2 Å². The number of halogens is 1. The lowest BCUT2D eigenvalue weighted by Crippen LogP contribution is -2.39. The molecule has 102 valence electrons. The van der Waals surface area contributed by atoms with Gasteiger partial charge >= 0.3 is 0 Å². The molecule has 1 aliphatic rings. The zero-order chi connectivity index (χ0) is 13.6. The molecule has 0 N–H and O–H groups in total. The van der Waals surface area contributed by atoms with E-state index in [-0.39, 0.29) is 0 Å². The van der Waals surface area contributed by atoms with Crippen LogP contribution in [0.5, 0.6) is 0 Å². The maximum Gasteiger partial charge on any atom is 0.225 e. The highest BCUT2D eigenvalue weighted by molar-refractivity contribution is 7.18. The van der Waals surface area contributed by atoms with Gasteiger partial charge in [-0.15, -0.1) is 11.3 Å². The Morgan fingerprint density at radius 3 is 2.63 bits per heavy atom. The molecule has 1 aliphatic heterocycles. The molecule has 5 heteroatoms. The Hall–Kier alpha value is -0.870. The van der Waals surface area contributed by atoms with Crippen LogP contribution in [0.4, 0.5) is 5.82 Å². The maximum atomic E-state index is 6.08. The summed E-state index contributed by atoms with van der Waals surface area (Å²) in [6.07, 6.45) is 1.29. The Morgan fingerprint density at radius 1 is 1.26 bits per heavy atom. The van der Waals surface area contributed by atoms with Crippen molar-refractivity contribution < 1.29 is 0 Å². The number of hydrogen-bond acceptors (Lipinski definition) is 4. The Labute approximate surface area is 122 Å². The molecule has 3 heterocycles. The number of anilines is 1. The Bertz CT molecular complexity index is 600. The highest BCUT2D eigenvalue weighted by Gasteiger charge is 2.25. The summed E-state index contributed by atoms with van der Waals surface area (Å²) >= 11 is 7.77. The highest BCUT2D eigenvalue weighted by atomic mass is 35.5. The molecule has 0 amide bonds. The Balaban J connectivity index is 2.08. The fraction of sp³-hybridized carbons (Fsp3) is 0.571. The van der Waals surface area contributed by atoms with E-state index in [2.05, 4.69) is 41.7 Å². The van der Waals surface area contributed by atoms with Gasteiger partial charge in [-0.05, 0) is 42.8 Å². The van der Waals surface area contributed by atoms with Crippen molar-refractivity contribution in [2.75, 3.05) is 18.0 Å². The van der Waals surface area contributed by atoms with Crippen molar-refractivity contribution >= 4 is 39.0 Å². The number of hydrogen-bond donors (Lipinski definition) is 0. The van der Waals surface area contributed by atoms with E-state index in [1.165, 1.54) is 11.3 Å². The number of nitrogens with zero attached hydrogens (tertiary/aromatic N) is 3. The predicted molar refractivity (Wildman–Crippen MR) is 82.3 cm³/mol. The van der Waals surface area contributed by atoms with Crippen LogP contribution in [-0.4, -0.2) is 23.1 Å². The van der Waals surface area contributed by atoms with Gasteiger partial charge in [-0.1, -0.05) is 13.8 Å². The van der Waals surface area contributed by atoms with Crippen LogP contribution in [-0.2, 0) is 0 Å². The molecule has 0 bridgehead atoms. The average molecular weight is 296 g/mol. The van der Waals surface area contributed by atoms with Crippen molar-refractivity contribution in [3.63, 3.8) is 0 Å². The van der Waals surface area contributed by atoms with Crippen molar-refractivity contribution in [1.29, 1.82) is 0 Å². The minimum absolute atomic E-state index is 0.357. The van der Waals surface area contributed by atoms with Gasteiger partial charge in [0.2, 0.25) is 5.28 Å². The molecular weight excluding hydrogens is 278 g/mol. The smallest absolute Gasteiger partial charge is 0.225 e. The molecule has 2 atom stereocenters. The van der Waals surface area contributed by atoms with Crippen LogP contribution >= 0.6 is 22.9 Å². The van der Waals surface area contributed by atoms with E-state index in [0.717, 1.165) is 29.1 Å². The lowest BCUT2D eigenvalue weighted by Gasteiger charge is -2.36. The van der Waals surface area contributed by atoms with Crippen LogP contribution in [0.1, 0.15) is 25.1 Å². The van der Waals surface area contributed by atoms with Gasteiger partial charge in [0.05, 0.1) is 5.39 Å². The number of aryl methyl sites for hydroxylation is 1. The number of thiophene rings is 1. The number of fused-ring (bicyclic) bond motifs is 1. The van der Waals surface area contributed by atoms with Gasteiger partial charge in [-0.3, -0.25) is 0 Å². The van der Waals surface area contributed by atoms with Gasteiger partial charge in [0, 0.05) is 18.0 Å². The fourth-order valence-corrected chi connectivity index (χ4v) is 4.17. The molecule has 0 saturated carbocycles. The zero-order valence-corrected chi connectivity index (χ0v) is 13.1. The summed E-state index contributed by atoms with van der Waals surface area (Å²) in [4.78, 5) is 13.5. The minimum atomic E-state index is 0.357. The highest BCUT2D eigenvalue weighted by Crippen LogP contribution is 2.34. The Morgan fingerprint density at radius 2 is 1.95 bits per heavy atom. The molecule has 1 fully saturated rings. The molecule has 2 unspecified atom stereocenters. The monoisotopic (exact) mass is 295 g/mol. The van der Waals surface area contributed by atoms with Gasteiger partial charge in [0.1, 0.15) is 10.6 Å². The van der Waals surface area contributed by atoms with Crippen molar-refractivity contribution in [2.45, 2.75) is 27.2 Å². The molecule has 3 nitrogen and oxygen atoms in total. The second-order valence-electron chi connectivity index (χ2n) is 5.74. The van der Waals surface area contributed by atoms with Crippen LogP contribution in [0.3, 0.4) is 0 Å². The maximum absolute atomic E-state index is 6.08. The predicted octanol–water partition coefficient (Wildman–Crippen LogP) is 4.14. The first-order valence-electron chi connectivity index (χ1n) is 6.71. The summed E-state index contributed by atoms with van der Waals surface area (Å²) in [5, 5.41) is 1.50. The van der Waals surface area contributed by atoms with Crippen LogP contribution in [0, 0.1) is 18.8 Å². The second-order valence-corrected chi connectivity index (χ2v) is 7.32. The third kappa shape index (κ3) is 2.56. The molecule has 2 aromatic heterocycles. The van der Waals surface area contributed by atoms with Crippen LogP contribution in [0.15, 0.2) is 6.07 Å². The van der Waals surface area contributed by atoms with Crippen molar-refractivity contribution in [3.8, 4) is 0 Å². The molecule has 2 aromatic rings. The topological polar surface area (TPSA) is 29.0 Å². The summed E-state index contributed by atoms with van der Waals surface area (Å²) in [7, 11) is 0. The van der Waals surface area contributed by atoms with Crippen molar-refractivity contribution in [2.24, 2.45) is 11.8 Å². The minimum Gasteiger partial charge on any atom is -0.355 e. The third-order valence-electron chi connectivity index (χ3n) is 3.64. The molecule has 1 saturated heterocycles. The lowest BCUT2D eigenvalue weighted by molar-refractivity contribution is 0.356. The zero-order valence-electron chi connectivity index (χ0n) is 11.5. The number of piperidine rings is 1. The number of aromatic nitrogens is 2. The van der Waals surface area contributed by atoms with Gasteiger partial charge in [0.25, 0.3) is 0 Å². The summed E-state index contributed by atoms with van der Waals surface area (Å²) in [6.45, 7) is 8.83. The van der Waals surface area contributed by atoms with Crippen molar-refractivity contribution in [1.82, 2.24) is 9.97 Å². The van der Waals surface area contributed by atoms with E-state index in [9.17, 15) is 0 Å². The van der Waals surface area contributed by atoms with Crippen molar-refractivity contribution in [3.05, 3.63) is 16.2 Å². The van der Waals surface area contributed by atoms with Gasteiger partial charge < -0.3 is 4.90 Å². The van der Waals surface area contributed by atoms with Gasteiger partial charge in [-0.2, -0.15) is 4.98 Å². The molecule has 3 rings (SSSR count). The summed E-state index contributed by atoms with van der Waals surface area (Å²) in [6, 6.07) is 2.18. The number of rotatable bonds is 1. The van der Waals surface area contributed by atoms with Crippen LogP contribution < -0.4 is 4.90 Å². The largest absolute Gasteiger partial charge is 0.355 e. The summed E-state index contributed by atoms with van der Waals surface area (Å²) < 4.78 is 0. The normalized spacial score (nSPS) is 24.1. The van der Waals surface area contributed by atoms with E-state index in [1.807, 2.05) is 0 Å². The molecule has 0 spiro atoms. The van der Waals surface area contributed by atoms with E-state index >= 15 is 0 Å². The molecule has 0 aromatic carbocycles. The Kier molecular flexibility index (Phi) is 3.39. The SMILES string of the molecule is Cc1cc2c(N3CC(C)CC(C)C3)nc(Cl)nc2s1. The van der Waals surface area contributed by atoms with E-state index < -0.39 is 0 Å². The van der Waals surface area contributed by atoms with Gasteiger partial charge in [-0.25, -0.2) is 4.98 Å². The standard InChI is InChI=1S/C14H18ClN3S/c1-8-4-9(2)7-18(6-8)12-11-5-10(3)19-13(11)17-14(15)16-12/h5,8-9H,4,6-7H2,1-3H3.